The lowest BCUT2D eigenvalue weighted by atomic mass is 10.2. The number of amides is 1. The van der Waals surface area contributed by atoms with Crippen LogP contribution in [0.5, 0.6) is 0 Å². The Bertz CT molecular complexity index is 1110. The number of anilines is 1. The first-order valence-electron chi connectivity index (χ1n) is 9.48. The maximum absolute atomic E-state index is 13.1. The molecule has 0 bridgehead atoms. The second kappa shape index (κ2) is 8.51. The van der Waals surface area contributed by atoms with Crippen LogP contribution in [0.4, 0.5) is 19.1 Å². The molecule has 1 amide bonds. The SMILES string of the molecule is O=C(CCn1nc(C(F)(F)F)c(Cl)c1C1CC1)Nc1ncn(Cc2cccc(Cl)c2)n1. The van der Waals surface area contributed by atoms with Gasteiger partial charge in [-0.15, -0.1) is 5.10 Å². The highest BCUT2D eigenvalue weighted by molar-refractivity contribution is 6.32. The first-order chi connectivity index (χ1) is 14.7. The maximum Gasteiger partial charge on any atom is 0.436 e. The fraction of sp³-hybridized carbons (Fsp3) is 0.368. The van der Waals surface area contributed by atoms with Crippen molar-refractivity contribution in [1.29, 1.82) is 0 Å². The van der Waals surface area contributed by atoms with Crippen LogP contribution in [-0.4, -0.2) is 30.5 Å². The molecule has 0 atom stereocenters. The number of aryl methyl sites for hydroxylation is 1. The summed E-state index contributed by atoms with van der Waals surface area (Å²) in [5.41, 5.74) is 0.141. The second-order valence-corrected chi connectivity index (χ2v) is 8.05. The highest BCUT2D eigenvalue weighted by Crippen LogP contribution is 2.46. The van der Waals surface area contributed by atoms with E-state index in [0.717, 1.165) is 18.4 Å². The van der Waals surface area contributed by atoms with Gasteiger partial charge in [0.15, 0.2) is 5.69 Å². The molecule has 1 saturated carbocycles. The summed E-state index contributed by atoms with van der Waals surface area (Å²) in [6.07, 6.45) is -1.78. The van der Waals surface area contributed by atoms with Crippen LogP contribution < -0.4 is 5.32 Å². The van der Waals surface area contributed by atoms with E-state index in [1.54, 1.807) is 12.1 Å². The molecular weight excluding hydrogens is 456 g/mol. The van der Waals surface area contributed by atoms with Gasteiger partial charge in [0, 0.05) is 17.4 Å². The monoisotopic (exact) mass is 472 g/mol. The van der Waals surface area contributed by atoms with E-state index in [2.05, 4.69) is 20.5 Å². The Balaban J connectivity index is 1.37. The topological polar surface area (TPSA) is 77.6 Å². The molecule has 12 heteroatoms. The largest absolute Gasteiger partial charge is 0.436 e. The van der Waals surface area contributed by atoms with Gasteiger partial charge in [-0.3, -0.25) is 14.8 Å². The molecule has 4 rings (SSSR count). The van der Waals surface area contributed by atoms with Crippen molar-refractivity contribution in [2.24, 2.45) is 0 Å². The van der Waals surface area contributed by atoms with Crippen molar-refractivity contribution in [2.75, 3.05) is 5.32 Å². The van der Waals surface area contributed by atoms with Crippen LogP contribution in [0.1, 0.15) is 42.1 Å². The number of nitrogens with one attached hydrogen (secondary N) is 1. The molecule has 0 spiro atoms. The van der Waals surface area contributed by atoms with Gasteiger partial charge in [-0.1, -0.05) is 35.3 Å². The van der Waals surface area contributed by atoms with Crippen molar-refractivity contribution < 1.29 is 18.0 Å². The van der Waals surface area contributed by atoms with E-state index in [4.69, 9.17) is 23.2 Å². The summed E-state index contributed by atoms with van der Waals surface area (Å²) in [6, 6.07) is 7.26. The smallest absolute Gasteiger partial charge is 0.293 e. The minimum Gasteiger partial charge on any atom is -0.293 e. The standard InChI is InChI=1S/C19H17Cl2F3N6O/c20-13-3-1-2-11(8-13)9-29-10-25-18(28-29)26-14(31)6-7-30-16(12-4-5-12)15(21)17(27-30)19(22,23)24/h1-3,8,10,12H,4-7,9H2,(H,26,28,31). The summed E-state index contributed by atoms with van der Waals surface area (Å²) < 4.78 is 42.1. The number of rotatable bonds is 7. The molecule has 0 unspecified atom stereocenters. The number of benzene rings is 1. The van der Waals surface area contributed by atoms with Crippen LogP contribution in [0, 0.1) is 0 Å². The van der Waals surface area contributed by atoms with Crippen LogP contribution in [0.3, 0.4) is 0 Å². The summed E-state index contributed by atoms with van der Waals surface area (Å²) >= 11 is 11.9. The Labute approximate surface area is 185 Å². The number of carbonyl (C=O) groups is 1. The zero-order valence-electron chi connectivity index (χ0n) is 16.0. The molecule has 0 aliphatic heterocycles. The summed E-state index contributed by atoms with van der Waals surface area (Å²) in [6.45, 7) is 0.386. The summed E-state index contributed by atoms with van der Waals surface area (Å²) in [5.74, 6) is -0.394. The fourth-order valence-corrected chi connectivity index (χ4v) is 3.81. The highest BCUT2D eigenvalue weighted by Gasteiger charge is 2.42. The molecule has 0 radical (unpaired) electrons. The molecule has 31 heavy (non-hydrogen) atoms. The Morgan fingerprint density at radius 3 is 2.68 bits per heavy atom. The van der Waals surface area contributed by atoms with E-state index in [1.165, 1.54) is 15.7 Å². The molecule has 1 aromatic carbocycles. The van der Waals surface area contributed by atoms with Crippen molar-refractivity contribution in [3.63, 3.8) is 0 Å². The normalized spacial score (nSPS) is 14.1. The average Bonchev–Trinajstić information content (AvgIpc) is 3.33. The zero-order chi connectivity index (χ0) is 22.2. The van der Waals surface area contributed by atoms with Gasteiger partial charge in [0.1, 0.15) is 6.33 Å². The average molecular weight is 473 g/mol. The Morgan fingerprint density at radius 1 is 1.23 bits per heavy atom. The molecular formula is C19H17Cl2F3N6O. The Kier molecular flexibility index (Phi) is 5.94. The van der Waals surface area contributed by atoms with Crippen LogP contribution >= 0.6 is 23.2 Å². The minimum atomic E-state index is -4.64. The van der Waals surface area contributed by atoms with E-state index in [1.807, 2.05) is 12.1 Å². The Hall–Kier alpha value is -2.59. The molecule has 1 aliphatic rings. The number of halogens is 5. The quantitative estimate of drug-likeness (QED) is 0.537. The molecule has 164 valence electrons. The second-order valence-electron chi connectivity index (χ2n) is 7.24. The van der Waals surface area contributed by atoms with Gasteiger partial charge in [0.05, 0.1) is 23.8 Å². The molecule has 7 nitrogen and oxygen atoms in total. The lowest BCUT2D eigenvalue weighted by Gasteiger charge is -2.06. The maximum atomic E-state index is 13.1. The first kappa shape index (κ1) is 21.6. The molecule has 0 saturated heterocycles. The van der Waals surface area contributed by atoms with Gasteiger partial charge < -0.3 is 0 Å². The third-order valence-corrected chi connectivity index (χ3v) is 5.34. The van der Waals surface area contributed by atoms with Crippen LogP contribution in [-0.2, 0) is 24.1 Å². The fourth-order valence-electron chi connectivity index (χ4n) is 3.20. The van der Waals surface area contributed by atoms with E-state index >= 15 is 0 Å². The molecule has 3 aromatic rings. The molecule has 2 aromatic heterocycles. The first-order valence-corrected chi connectivity index (χ1v) is 10.2. The Morgan fingerprint density at radius 2 is 2.00 bits per heavy atom. The van der Waals surface area contributed by atoms with E-state index in [0.29, 0.717) is 17.3 Å². The van der Waals surface area contributed by atoms with Gasteiger partial charge in [-0.2, -0.15) is 18.3 Å². The van der Waals surface area contributed by atoms with E-state index in [-0.39, 0.29) is 29.9 Å². The number of aromatic nitrogens is 5. The van der Waals surface area contributed by atoms with Gasteiger partial charge in [0.25, 0.3) is 0 Å². The lowest BCUT2D eigenvalue weighted by molar-refractivity contribution is -0.141. The van der Waals surface area contributed by atoms with Gasteiger partial charge in [0.2, 0.25) is 11.9 Å². The van der Waals surface area contributed by atoms with Crippen molar-refractivity contribution in [3.05, 3.63) is 57.6 Å². The summed E-state index contributed by atoms with van der Waals surface area (Å²) in [5, 5.41) is 10.6. The zero-order valence-corrected chi connectivity index (χ0v) is 17.5. The van der Waals surface area contributed by atoms with Crippen molar-refractivity contribution in [1.82, 2.24) is 24.5 Å². The lowest BCUT2D eigenvalue weighted by Crippen LogP contribution is -2.17. The van der Waals surface area contributed by atoms with E-state index < -0.39 is 17.8 Å². The van der Waals surface area contributed by atoms with Crippen molar-refractivity contribution in [3.8, 4) is 0 Å². The van der Waals surface area contributed by atoms with Crippen LogP contribution in [0.15, 0.2) is 30.6 Å². The van der Waals surface area contributed by atoms with Gasteiger partial charge in [-0.05, 0) is 30.5 Å². The predicted molar refractivity (Wildman–Crippen MR) is 108 cm³/mol. The minimum absolute atomic E-state index is 0.0311. The number of hydrogen-bond donors (Lipinski definition) is 1. The molecule has 1 fully saturated rings. The van der Waals surface area contributed by atoms with Gasteiger partial charge >= 0.3 is 6.18 Å². The molecule has 1 N–H and O–H groups in total. The third kappa shape index (κ3) is 5.19. The number of carbonyl (C=O) groups excluding carboxylic acids is 1. The predicted octanol–water partition coefficient (Wildman–Crippen LogP) is 4.75. The van der Waals surface area contributed by atoms with E-state index in [9.17, 15) is 18.0 Å². The highest BCUT2D eigenvalue weighted by atomic mass is 35.5. The summed E-state index contributed by atoms with van der Waals surface area (Å²) in [7, 11) is 0. The van der Waals surface area contributed by atoms with Crippen LogP contribution in [0.2, 0.25) is 10.0 Å². The van der Waals surface area contributed by atoms with Gasteiger partial charge in [-0.25, -0.2) is 9.67 Å². The molecule has 1 aliphatic carbocycles. The number of nitrogens with zero attached hydrogens (tertiary/aromatic N) is 5. The summed E-state index contributed by atoms with van der Waals surface area (Å²) in [4.78, 5) is 16.3. The molecule has 2 heterocycles. The third-order valence-electron chi connectivity index (χ3n) is 4.74. The number of hydrogen-bond acceptors (Lipinski definition) is 4. The van der Waals surface area contributed by atoms with Crippen molar-refractivity contribution in [2.45, 2.75) is 44.4 Å². The van der Waals surface area contributed by atoms with Crippen molar-refractivity contribution >= 4 is 35.1 Å². The number of alkyl halides is 3. The van der Waals surface area contributed by atoms with Crippen LogP contribution in [0.25, 0.3) is 0 Å².